The van der Waals surface area contributed by atoms with E-state index in [0.717, 1.165) is 0 Å². The highest BCUT2D eigenvalue weighted by Crippen LogP contribution is 2.22. The number of aliphatic carboxylic acids is 1. The van der Waals surface area contributed by atoms with Gasteiger partial charge in [0.05, 0.1) is 19.1 Å². The van der Waals surface area contributed by atoms with Gasteiger partial charge in [-0.15, -0.1) is 0 Å². The Labute approximate surface area is 117 Å². The van der Waals surface area contributed by atoms with Gasteiger partial charge in [-0.2, -0.15) is 0 Å². The lowest BCUT2D eigenvalue weighted by Gasteiger charge is -2.30. The fourth-order valence-corrected chi connectivity index (χ4v) is 1.22. The van der Waals surface area contributed by atoms with Gasteiger partial charge in [0.15, 0.2) is 6.29 Å². The van der Waals surface area contributed by atoms with Crippen molar-refractivity contribution in [2.75, 3.05) is 19.8 Å². The van der Waals surface area contributed by atoms with E-state index in [0.29, 0.717) is 0 Å². The molecule has 4 N–H and O–H groups in total. The van der Waals surface area contributed by atoms with Gasteiger partial charge in [0.1, 0.15) is 6.61 Å². The summed E-state index contributed by atoms with van der Waals surface area (Å²) in [6.07, 6.45) is -3.02. The topological polar surface area (TPSA) is 125 Å². The number of hydrogen-bond acceptors (Lipinski definition) is 6. The average Bonchev–Trinajstić information content (AvgIpc) is 2.31. The third-order valence-electron chi connectivity index (χ3n) is 2.42. The first-order valence-corrected chi connectivity index (χ1v) is 6.23. The molecule has 0 saturated heterocycles. The third kappa shape index (κ3) is 8.68. The number of aliphatic hydroxyl groups is 2. The van der Waals surface area contributed by atoms with E-state index in [2.05, 4.69) is 10.1 Å². The Bertz CT molecular complexity index is 313. The van der Waals surface area contributed by atoms with E-state index >= 15 is 0 Å². The zero-order chi connectivity index (χ0) is 15.8. The Kier molecular flexibility index (Phi) is 8.12. The van der Waals surface area contributed by atoms with E-state index in [1.165, 1.54) is 0 Å². The van der Waals surface area contributed by atoms with Crippen molar-refractivity contribution in [3.05, 3.63) is 0 Å². The summed E-state index contributed by atoms with van der Waals surface area (Å²) in [5.41, 5.74) is -0.376. The number of carboxylic acids is 1. The maximum Gasteiger partial charge on any atom is 0.407 e. The molecular weight excluding hydrogens is 270 g/mol. The second-order valence-electron chi connectivity index (χ2n) is 5.30. The van der Waals surface area contributed by atoms with Gasteiger partial charge in [-0.1, -0.05) is 20.8 Å². The van der Waals surface area contributed by atoms with Crippen molar-refractivity contribution in [2.24, 2.45) is 5.41 Å². The minimum Gasteiger partial charge on any atom is -0.481 e. The quantitative estimate of drug-likeness (QED) is 0.461. The second kappa shape index (κ2) is 8.72. The maximum atomic E-state index is 11.1. The van der Waals surface area contributed by atoms with Gasteiger partial charge in [-0.25, -0.2) is 4.79 Å². The SMILES string of the molecule is CC(C)(C)C(CO)OC(O)COC(=O)NCCC(=O)O. The minimum absolute atomic E-state index is 0.0631. The van der Waals surface area contributed by atoms with Crippen LogP contribution in [0.1, 0.15) is 27.2 Å². The number of carbonyl (C=O) groups is 2. The summed E-state index contributed by atoms with van der Waals surface area (Å²) >= 11 is 0. The minimum atomic E-state index is -1.36. The molecule has 0 spiro atoms. The van der Waals surface area contributed by atoms with Crippen LogP contribution in [0.4, 0.5) is 4.79 Å². The standard InChI is InChI=1S/C12H23NO7/c1-12(2,3)8(6-14)20-10(17)7-19-11(18)13-5-4-9(15)16/h8,10,14,17H,4-7H2,1-3H3,(H,13,18)(H,15,16). The molecule has 0 saturated carbocycles. The Morgan fingerprint density at radius 1 is 1.30 bits per heavy atom. The van der Waals surface area contributed by atoms with E-state index in [9.17, 15) is 14.7 Å². The molecule has 0 aliphatic carbocycles. The number of aliphatic hydroxyl groups excluding tert-OH is 2. The first-order chi connectivity index (χ1) is 9.16. The Balaban J connectivity index is 3.94. The molecular formula is C12H23NO7. The van der Waals surface area contributed by atoms with Gasteiger partial charge in [0.25, 0.3) is 0 Å². The number of hydrogen-bond donors (Lipinski definition) is 4. The number of carboxylic acid groups (broad SMARTS) is 1. The molecule has 2 atom stereocenters. The summed E-state index contributed by atoms with van der Waals surface area (Å²) in [7, 11) is 0. The zero-order valence-electron chi connectivity index (χ0n) is 12.0. The summed E-state index contributed by atoms with van der Waals surface area (Å²) in [6.45, 7) is 4.75. The van der Waals surface area contributed by atoms with Crippen LogP contribution < -0.4 is 5.32 Å². The van der Waals surface area contributed by atoms with Crippen molar-refractivity contribution < 1.29 is 34.4 Å². The molecule has 0 aliphatic heterocycles. The first kappa shape index (κ1) is 18.6. The van der Waals surface area contributed by atoms with Crippen LogP contribution in [0, 0.1) is 5.41 Å². The molecule has 0 aromatic carbocycles. The fourth-order valence-electron chi connectivity index (χ4n) is 1.22. The molecule has 0 radical (unpaired) electrons. The van der Waals surface area contributed by atoms with Crippen LogP contribution >= 0.6 is 0 Å². The van der Waals surface area contributed by atoms with Crippen LogP contribution in [-0.4, -0.2) is 59.5 Å². The van der Waals surface area contributed by atoms with Gasteiger partial charge in [-0.05, 0) is 5.41 Å². The molecule has 20 heavy (non-hydrogen) atoms. The molecule has 0 aromatic rings. The van der Waals surface area contributed by atoms with Crippen molar-refractivity contribution in [3.63, 3.8) is 0 Å². The molecule has 0 rings (SSSR count). The van der Waals surface area contributed by atoms with Crippen LogP contribution in [0.2, 0.25) is 0 Å². The van der Waals surface area contributed by atoms with E-state index < -0.39 is 31.1 Å². The van der Waals surface area contributed by atoms with Crippen molar-refractivity contribution in [3.8, 4) is 0 Å². The maximum absolute atomic E-state index is 11.1. The Morgan fingerprint density at radius 2 is 1.90 bits per heavy atom. The number of rotatable bonds is 8. The molecule has 0 heterocycles. The molecule has 0 fully saturated rings. The lowest BCUT2D eigenvalue weighted by atomic mass is 9.89. The van der Waals surface area contributed by atoms with Gasteiger partial charge >= 0.3 is 12.1 Å². The number of ether oxygens (including phenoxy) is 2. The van der Waals surface area contributed by atoms with Crippen molar-refractivity contribution in [1.82, 2.24) is 5.32 Å². The molecule has 0 aliphatic rings. The number of amides is 1. The summed E-state index contributed by atoms with van der Waals surface area (Å²) in [6, 6.07) is 0. The van der Waals surface area contributed by atoms with Crippen LogP contribution in [0.3, 0.4) is 0 Å². The molecule has 2 unspecified atom stereocenters. The first-order valence-electron chi connectivity index (χ1n) is 6.23. The van der Waals surface area contributed by atoms with Gasteiger partial charge < -0.3 is 30.1 Å². The highest BCUT2D eigenvalue weighted by Gasteiger charge is 2.27. The summed E-state index contributed by atoms with van der Waals surface area (Å²) in [5, 5.41) is 29.3. The molecule has 8 heteroatoms. The Morgan fingerprint density at radius 3 is 2.35 bits per heavy atom. The van der Waals surface area contributed by atoms with Gasteiger partial charge in [-0.3, -0.25) is 4.79 Å². The Hall–Kier alpha value is -1.38. The van der Waals surface area contributed by atoms with E-state index in [1.807, 2.05) is 20.8 Å². The molecule has 0 bridgehead atoms. The van der Waals surface area contributed by atoms with Crippen LogP contribution in [0.25, 0.3) is 0 Å². The fraction of sp³-hybridized carbons (Fsp3) is 0.833. The normalized spacial score (nSPS) is 14.4. The number of carbonyl (C=O) groups excluding carboxylic acids is 1. The zero-order valence-corrected chi connectivity index (χ0v) is 12.0. The molecule has 118 valence electrons. The average molecular weight is 293 g/mol. The number of alkyl carbamates (subject to hydrolysis) is 1. The predicted octanol–water partition coefficient (Wildman–Crippen LogP) is -0.0707. The second-order valence-corrected chi connectivity index (χ2v) is 5.30. The lowest BCUT2D eigenvalue weighted by molar-refractivity contribution is -0.189. The smallest absolute Gasteiger partial charge is 0.407 e. The monoisotopic (exact) mass is 293 g/mol. The van der Waals surface area contributed by atoms with Gasteiger partial charge in [0.2, 0.25) is 0 Å². The van der Waals surface area contributed by atoms with E-state index in [1.54, 1.807) is 0 Å². The van der Waals surface area contributed by atoms with E-state index in [4.69, 9.17) is 14.9 Å². The summed E-state index contributed by atoms with van der Waals surface area (Å²) in [4.78, 5) is 21.4. The summed E-state index contributed by atoms with van der Waals surface area (Å²) in [5.74, 6) is -1.04. The molecule has 1 amide bonds. The van der Waals surface area contributed by atoms with Crippen LogP contribution in [0.5, 0.6) is 0 Å². The highest BCUT2D eigenvalue weighted by atomic mass is 16.6. The largest absolute Gasteiger partial charge is 0.481 e. The van der Waals surface area contributed by atoms with Crippen LogP contribution in [0.15, 0.2) is 0 Å². The lowest BCUT2D eigenvalue weighted by Crippen LogP contribution is -2.38. The molecule has 0 aromatic heterocycles. The van der Waals surface area contributed by atoms with Gasteiger partial charge in [0, 0.05) is 6.54 Å². The van der Waals surface area contributed by atoms with Crippen molar-refractivity contribution in [2.45, 2.75) is 39.6 Å². The predicted molar refractivity (Wildman–Crippen MR) is 69.0 cm³/mol. The highest BCUT2D eigenvalue weighted by molar-refractivity contribution is 5.70. The summed E-state index contributed by atoms with van der Waals surface area (Å²) < 4.78 is 9.81. The third-order valence-corrected chi connectivity index (χ3v) is 2.42. The number of nitrogens with one attached hydrogen (secondary N) is 1. The molecule has 8 nitrogen and oxygen atoms in total. The van der Waals surface area contributed by atoms with Crippen LogP contribution in [-0.2, 0) is 14.3 Å². The van der Waals surface area contributed by atoms with Crippen molar-refractivity contribution >= 4 is 12.1 Å². The van der Waals surface area contributed by atoms with Crippen molar-refractivity contribution in [1.29, 1.82) is 0 Å². The van der Waals surface area contributed by atoms with E-state index in [-0.39, 0.29) is 25.0 Å².